The maximum absolute atomic E-state index is 13.0. The van der Waals surface area contributed by atoms with E-state index in [4.69, 9.17) is 16.3 Å². The Kier molecular flexibility index (Phi) is 5.29. The molecule has 0 heterocycles. The molecule has 1 N–H and O–H groups in total. The van der Waals surface area contributed by atoms with Crippen LogP contribution in [0.2, 0.25) is 5.02 Å². The minimum atomic E-state index is -4.70. The van der Waals surface area contributed by atoms with Crippen molar-refractivity contribution in [1.82, 2.24) is 0 Å². The highest BCUT2D eigenvalue weighted by Gasteiger charge is 2.34. The lowest BCUT2D eigenvalue weighted by atomic mass is 10.2. The summed E-state index contributed by atoms with van der Waals surface area (Å²) < 4.78 is 71.2. The molecule has 130 valence electrons. The smallest absolute Gasteiger partial charge is 0.418 e. The van der Waals surface area contributed by atoms with Crippen LogP contribution in [0.1, 0.15) is 12.5 Å². The number of rotatable bonds is 5. The van der Waals surface area contributed by atoms with Gasteiger partial charge < -0.3 is 4.74 Å². The lowest BCUT2D eigenvalue weighted by Gasteiger charge is -2.16. The zero-order chi connectivity index (χ0) is 18.0. The molecular weight excluding hydrogens is 367 g/mol. The Morgan fingerprint density at radius 2 is 1.83 bits per heavy atom. The first-order valence-electron chi connectivity index (χ1n) is 6.76. The van der Waals surface area contributed by atoms with E-state index in [1.54, 1.807) is 6.92 Å². The molecule has 0 radical (unpaired) electrons. The predicted molar refractivity (Wildman–Crippen MR) is 84.9 cm³/mol. The Bertz CT molecular complexity index is 838. The summed E-state index contributed by atoms with van der Waals surface area (Å²) in [7, 11) is -4.33. The van der Waals surface area contributed by atoms with Crippen molar-refractivity contribution in [2.45, 2.75) is 18.0 Å². The first-order valence-corrected chi connectivity index (χ1v) is 8.62. The molecule has 0 saturated heterocycles. The van der Waals surface area contributed by atoms with Crippen LogP contribution in [0, 0.1) is 0 Å². The van der Waals surface area contributed by atoms with Crippen molar-refractivity contribution in [1.29, 1.82) is 0 Å². The van der Waals surface area contributed by atoms with Gasteiger partial charge in [0.1, 0.15) is 10.6 Å². The number of hydrogen-bond donors (Lipinski definition) is 1. The zero-order valence-corrected chi connectivity index (χ0v) is 14.0. The standard InChI is InChI=1S/C15H13ClF3NO3S/c1-2-23-13-8-7-10(16)9-14(13)24(21,22)20-12-6-4-3-5-11(12)15(17,18)19/h3-9,20H,2H2,1H3. The number of benzene rings is 2. The molecule has 0 saturated carbocycles. The molecule has 0 aromatic heterocycles. The Hall–Kier alpha value is -1.93. The summed E-state index contributed by atoms with van der Waals surface area (Å²) in [4.78, 5) is -0.339. The summed E-state index contributed by atoms with van der Waals surface area (Å²) in [6, 6.07) is 8.18. The molecule has 0 atom stereocenters. The third-order valence-electron chi connectivity index (χ3n) is 2.97. The highest BCUT2D eigenvalue weighted by molar-refractivity contribution is 7.92. The van der Waals surface area contributed by atoms with Gasteiger partial charge in [0, 0.05) is 5.02 Å². The van der Waals surface area contributed by atoms with Gasteiger partial charge in [-0.3, -0.25) is 4.72 Å². The van der Waals surface area contributed by atoms with E-state index in [2.05, 4.69) is 0 Å². The molecule has 2 aromatic carbocycles. The highest BCUT2D eigenvalue weighted by atomic mass is 35.5. The van der Waals surface area contributed by atoms with E-state index in [1.807, 2.05) is 4.72 Å². The summed E-state index contributed by atoms with van der Waals surface area (Å²) in [6.07, 6.45) is -4.70. The summed E-state index contributed by atoms with van der Waals surface area (Å²) in [6.45, 7) is 1.83. The van der Waals surface area contributed by atoms with Gasteiger partial charge in [0.05, 0.1) is 17.9 Å². The van der Waals surface area contributed by atoms with Crippen LogP contribution in [-0.2, 0) is 16.2 Å². The Morgan fingerprint density at radius 3 is 2.46 bits per heavy atom. The van der Waals surface area contributed by atoms with Crippen LogP contribution < -0.4 is 9.46 Å². The highest BCUT2D eigenvalue weighted by Crippen LogP contribution is 2.36. The number of halogens is 4. The first kappa shape index (κ1) is 18.4. The lowest BCUT2D eigenvalue weighted by Crippen LogP contribution is -2.18. The third-order valence-corrected chi connectivity index (χ3v) is 4.59. The average molecular weight is 380 g/mol. The van der Waals surface area contributed by atoms with E-state index in [1.165, 1.54) is 24.3 Å². The third kappa shape index (κ3) is 4.12. The second-order valence-electron chi connectivity index (χ2n) is 4.67. The molecule has 0 amide bonds. The van der Waals surface area contributed by atoms with Crippen molar-refractivity contribution in [3.63, 3.8) is 0 Å². The molecule has 9 heteroatoms. The predicted octanol–water partition coefficient (Wildman–Crippen LogP) is 4.56. The fourth-order valence-corrected chi connectivity index (χ4v) is 3.47. The first-order chi connectivity index (χ1) is 11.1. The van der Waals surface area contributed by atoms with Gasteiger partial charge in [0.15, 0.2) is 0 Å². The minimum absolute atomic E-state index is 0.00103. The number of alkyl halides is 3. The monoisotopic (exact) mass is 379 g/mol. The number of ether oxygens (including phenoxy) is 1. The Balaban J connectivity index is 2.49. The number of para-hydroxylation sites is 1. The fraction of sp³-hybridized carbons (Fsp3) is 0.200. The summed E-state index contributed by atoms with van der Waals surface area (Å²) >= 11 is 5.80. The molecule has 2 rings (SSSR count). The second-order valence-corrected chi connectivity index (χ2v) is 6.76. The molecule has 24 heavy (non-hydrogen) atoms. The molecular formula is C15H13ClF3NO3S. The summed E-state index contributed by atoms with van der Waals surface area (Å²) in [5, 5.41) is 0.114. The van der Waals surface area contributed by atoms with Crippen LogP contribution in [0.5, 0.6) is 5.75 Å². The van der Waals surface area contributed by atoms with Gasteiger partial charge in [-0.15, -0.1) is 0 Å². The summed E-state index contributed by atoms with van der Waals surface area (Å²) in [5.74, 6) is -0.00103. The number of hydrogen-bond acceptors (Lipinski definition) is 3. The van der Waals surface area contributed by atoms with Crippen LogP contribution in [0.3, 0.4) is 0 Å². The molecule has 0 fully saturated rings. The maximum atomic E-state index is 13.0. The molecule has 0 aliphatic rings. The van der Waals surface area contributed by atoms with Crippen molar-refractivity contribution in [3.05, 3.63) is 53.1 Å². The van der Waals surface area contributed by atoms with E-state index in [0.29, 0.717) is 0 Å². The maximum Gasteiger partial charge on any atom is 0.418 e. The van der Waals surface area contributed by atoms with Gasteiger partial charge in [-0.05, 0) is 37.3 Å². The summed E-state index contributed by atoms with van der Waals surface area (Å²) in [5.41, 5.74) is -1.67. The second kappa shape index (κ2) is 6.90. The Morgan fingerprint density at radius 1 is 1.17 bits per heavy atom. The topological polar surface area (TPSA) is 55.4 Å². The molecule has 2 aromatic rings. The van der Waals surface area contributed by atoms with Gasteiger partial charge >= 0.3 is 6.18 Å². The average Bonchev–Trinajstić information content (AvgIpc) is 2.48. The van der Waals surface area contributed by atoms with Crippen LogP contribution in [0.4, 0.5) is 18.9 Å². The largest absolute Gasteiger partial charge is 0.492 e. The van der Waals surface area contributed by atoms with E-state index < -0.39 is 27.5 Å². The quantitative estimate of drug-likeness (QED) is 0.828. The van der Waals surface area contributed by atoms with Crippen LogP contribution in [0.15, 0.2) is 47.4 Å². The van der Waals surface area contributed by atoms with Gasteiger partial charge in [-0.2, -0.15) is 13.2 Å². The number of anilines is 1. The van der Waals surface area contributed by atoms with Crippen LogP contribution in [0.25, 0.3) is 0 Å². The van der Waals surface area contributed by atoms with Gasteiger partial charge in [-0.25, -0.2) is 8.42 Å². The van der Waals surface area contributed by atoms with E-state index in [9.17, 15) is 21.6 Å². The molecule has 0 unspecified atom stereocenters. The van der Waals surface area contributed by atoms with Crippen molar-refractivity contribution in [2.24, 2.45) is 0 Å². The fourth-order valence-electron chi connectivity index (χ4n) is 1.99. The van der Waals surface area contributed by atoms with E-state index in [0.717, 1.165) is 18.2 Å². The molecule has 0 aliphatic carbocycles. The molecule has 4 nitrogen and oxygen atoms in total. The molecule has 0 aliphatic heterocycles. The SMILES string of the molecule is CCOc1ccc(Cl)cc1S(=O)(=O)Nc1ccccc1C(F)(F)F. The normalized spacial score (nSPS) is 12.0. The lowest BCUT2D eigenvalue weighted by molar-refractivity contribution is -0.136. The van der Waals surface area contributed by atoms with Gasteiger partial charge in [0.25, 0.3) is 10.0 Å². The molecule has 0 bridgehead atoms. The van der Waals surface area contributed by atoms with Crippen LogP contribution >= 0.6 is 11.6 Å². The number of nitrogens with one attached hydrogen (secondary N) is 1. The molecule has 0 spiro atoms. The Labute approximate surface area is 142 Å². The van der Waals surface area contributed by atoms with Gasteiger partial charge in [-0.1, -0.05) is 23.7 Å². The number of sulfonamides is 1. The van der Waals surface area contributed by atoms with E-state index in [-0.39, 0.29) is 22.3 Å². The zero-order valence-electron chi connectivity index (χ0n) is 12.4. The van der Waals surface area contributed by atoms with Crippen molar-refractivity contribution in [3.8, 4) is 5.75 Å². The van der Waals surface area contributed by atoms with Crippen molar-refractivity contribution in [2.75, 3.05) is 11.3 Å². The van der Waals surface area contributed by atoms with Gasteiger partial charge in [0.2, 0.25) is 0 Å². The van der Waals surface area contributed by atoms with Crippen molar-refractivity contribution >= 4 is 27.3 Å². The van der Waals surface area contributed by atoms with Crippen molar-refractivity contribution < 1.29 is 26.3 Å². The minimum Gasteiger partial charge on any atom is -0.492 e. The van der Waals surface area contributed by atoms with Crippen LogP contribution in [-0.4, -0.2) is 15.0 Å². The van der Waals surface area contributed by atoms with E-state index >= 15 is 0 Å².